The number of likely N-dealkylation sites (tertiary alicyclic amines) is 1. The van der Waals surface area contributed by atoms with Crippen LogP contribution in [0.15, 0.2) is 18.2 Å². The Kier molecular flexibility index (Phi) is 3.75. The second kappa shape index (κ2) is 5.29. The summed E-state index contributed by atoms with van der Waals surface area (Å²) in [5.41, 5.74) is 1.45. The normalized spacial score (nSPS) is 16.7. The predicted molar refractivity (Wildman–Crippen MR) is 71.8 cm³/mol. The maximum absolute atomic E-state index is 12.0. The molecule has 1 aliphatic heterocycles. The minimum atomic E-state index is -0.0786. The van der Waals surface area contributed by atoms with Gasteiger partial charge in [0.15, 0.2) is 0 Å². The van der Waals surface area contributed by atoms with Crippen LogP contribution >= 0.6 is 0 Å². The zero-order chi connectivity index (χ0) is 13.1. The number of carbonyl (C=O) groups excluding carboxylic acids is 1. The lowest BCUT2D eigenvalue weighted by molar-refractivity contribution is 0.186. The third kappa shape index (κ3) is 2.94. The lowest BCUT2D eigenvalue weighted by atomic mass is 10.00. The van der Waals surface area contributed by atoms with Crippen LogP contribution in [0.1, 0.15) is 25.3 Å². The summed E-state index contributed by atoms with van der Waals surface area (Å²) in [7, 11) is 0. The number of amides is 2. The second-order valence-corrected chi connectivity index (χ2v) is 5.10. The third-order valence-electron chi connectivity index (χ3n) is 3.53. The lowest BCUT2D eigenvalue weighted by Gasteiger charge is -2.30. The summed E-state index contributed by atoms with van der Waals surface area (Å²) in [6, 6.07) is 5.10. The number of urea groups is 1. The molecule has 4 nitrogen and oxygen atoms in total. The molecule has 2 rings (SSSR count). The molecule has 4 heteroatoms. The van der Waals surface area contributed by atoms with E-state index >= 15 is 0 Å². The van der Waals surface area contributed by atoms with E-state index < -0.39 is 0 Å². The zero-order valence-electron chi connectivity index (χ0n) is 10.9. The van der Waals surface area contributed by atoms with Gasteiger partial charge in [-0.3, -0.25) is 0 Å². The minimum Gasteiger partial charge on any atom is -0.508 e. The van der Waals surface area contributed by atoms with Crippen molar-refractivity contribution in [1.82, 2.24) is 4.90 Å². The highest BCUT2D eigenvalue weighted by atomic mass is 16.3. The number of aryl methyl sites for hydroxylation is 1. The highest BCUT2D eigenvalue weighted by molar-refractivity contribution is 5.89. The lowest BCUT2D eigenvalue weighted by Crippen LogP contribution is -2.40. The van der Waals surface area contributed by atoms with Crippen LogP contribution in [0.2, 0.25) is 0 Å². The first-order valence-electron chi connectivity index (χ1n) is 6.42. The number of nitrogens with zero attached hydrogens (tertiary/aromatic N) is 1. The summed E-state index contributed by atoms with van der Waals surface area (Å²) in [5.74, 6) is 0.914. The van der Waals surface area contributed by atoms with Crippen LogP contribution in [-0.4, -0.2) is 29.1 Å². The third-order valence-corrected chi connectivity index (χ3v) is 3.53. The van der Waals surface area contributed by atoms with Crippen LogP contribution in [-0.2, 0) is 0 Å². The molecule has 2 amide bonds. The van der Waals surface area contributed by atoms with Gasteiger partial charge in [-0.15, -0.1) is 0 Å². The Labute approximate surface area is 108 Å². The summed E-state index contributed by atoms with van der Waals surface area (Å²) in [5, 5.41) is 12.4. The molecule has 0 spiro atoms. The van der Waals surface area contributed by atoms with Gasteiger partial charge in [0.05, 0.1) is 0 Å². The molecule has 1 aromatic carbocycles. The molecule has 98 valence electrons. The zero-order valence-corrected chi connectivity index (χ0v) is 10.9. The minimum absolute atomic E-state index is 0.0786. The van der Waals surface area contributed by atoms with Crippen LogP contribution < -0.4 is 5.32 Å². The topological polar surface area (TPSA) is 52.6 Å². The van der Waals surface area contributed by atoms with Gasteiger partial charge >= 0.3 is 6.03 Å². The van der Waals surface area contributed by atoms with Crippen molar-refractivity contribution < 1.29 is 9.90 Å². The van der Waals surface area contributed by atoms with Gasteiger partial charge in [0.25, 0.3) is 0 Å². The molecule has 18 heavy (non-hydrogen) atoms. The van der Waals surface area contributed by atoms with Crippen LogP contribution in [0.3, 0.4) is 0 Å². The number of piperidine rings is 1. The highest BCUT2D eigenvalue weighted by Crippen LogP contribution is 2.22. The molecule has 2 N–H and O–H groups in total. The fourth-order valence-corrected chi connectivity index (χ4v) is 2.10. The Morgan fingerprint density at radius 2 is 2.06 bits per heavy atom. The number of benzene rings is 1. The van der Waals surface area contributed by atoms with Crippen molar-refractivity contribution in [2.75, 3.05) is 18.4 Å². The van der Waals surface area contributed by atoms with Gasteiger partial charge in [0.1, 0.15) is 5.75 Å². The van der Waals surface area contributed by atoms with E-state index in [0.717, 1.165) is 31.5 Å². The summed E-state index contributed by atoms with van der Waals surface area (Å²) >= 11 is 0. The number of nitrogens with one attached hydrogen (secondary N) is 1. The molecule has 0 unspecified atom stereocenters. The van der Waals surface area contributed by atoms with Gasteiger partial charge < -0.3 is 15.3 Å². The number of phenolic OH excluding ortho intramolecular Hbond substituents is 1. The first-order valence-corrected chi connectivity index (χ1v) is 6.42. The van der Waals surface area contributed by atoms with Crippen molar-refractivity contribution in [1.29, 1.82) is 0 Å². The number of anilines is 1. The van der Waals surface area contributed by atoms with Gasteiger partial charge in [-0.2, -0.15) is 0 Å². The van der Waals surface area contributed by atoms with E-state index in [1.54, 1.807) is 18.2 Å². The van der Waals surface area contributed by atoms with Crippen molar-refractivity contribution in [2.45, 2.75) is 26.7 Å². The Morgan fingerprint density at radius 1 is 1.39 bits per heavy atom. The number of aromatic hydroxyl groups is 1. The van der Waals surface area contributed by atoms with E-state index in [4.69, 9.17) is 0 Å². The molecule has 0 aromatic heterocycles. The van der Waals surface area contributed by atoms with E-state index in [2.05, 4.69) is 12.2 Å². The SMILES string of the molecule is Cc1ccc(NC(=O)N2CCC(C)CC2)cc1O. The molecule has 0 radical (unpaired) electrons. The van der Waals surface area contributed by atoms with Crippen molar-refractivity contribution in [3.8, 4) is 5.75 Å². The predicted octanol–water partition coefficient (Wildman–Crippen LogP) is 2.96. The molecule has 0 saturated carbocycles. The molecule has 0 atom stereocenters. The van der Waals surface area contributed by atoms with Gasteiger partial charge in [-0.25, -0.2) is 4.79 Å². The average Bonchev–Trinajstić information content (AvgIpc) is 2.34. The number of carbonyl (C=O) groups is 1. The fourth-order valence-electron chi connectivity index (χ4n) is 2.10. The molecule has 1 aromatic rings. The van der Waals surface area contributed by atoms with Crippen LogP contribution in [0.5, 0.6) is 5.75 Å². The molecular formula is C14H20N2O2. The number of hydrogen-bond acceptors (Lipinski definition) is 2. The molecule has 1 saturated heterocycles. The van der Waals surface area contributed by atoms with Crippen LogP contribution in [0, 0.1) is 12.8 Å². The quantitative estimate of drug-likeness (QED) is 0.802. The largest absolute Gasteiger partial charge is 0.508 e. The van der Waals surface area contributed by atoms with E-state index in [-0.39, 0.29) is 11.8 Å². The number of phenols is 1. The summed E-state index contributed by atoms with van der Waals surface area (Å²) < 4.78 is 0. The van der Waals surface area contributed by atoms with Gasteiger partial charge in [0.2, 0.25) is 0 Å². The first kappa shape index (κ1) is 12.7. The monoisotopic (exact) mass is 248 g/mol. The summed E-state index contributed by atoms with van der Waals surface area (Å²) in [6.45, 7) is 5.66. The van der Waals surface area contributed by atoms with Crippen molar-refractivity contribution in [3.63, 3.8) is 0 Å². The highest BCUT2D eigenvalue weighted by Gasteiger charge is 2.20. The Balaban J connectivity index is 1.96. The second-order valence-electron chi connectivity index (χ2n) is 5.10. The van der Waals surface area contributed by atoms with Crippen molar-refractivity contribution in [3.05, 3.63) is 23.8 Å². The smallest absolute Gasteiger partial charge is 0.321 e. The van der Waals surface area contributed by atoms with E-state index in [1.807, 2.05) is 11.8 Å². The molecule has 1 fully saturated rings. The van der Waals surface area contributed by atoms with Crippen molar-refractivity contribution in [2.24, 2.45) is 5.92 Å². The summed E-state index contributed by atoms with van der Waals surface area (Å²) in [4.78, 5) is 13.8. The Hall–Kier alpha value is -1.71. The number of hydrogen-bond donors (Lipinski definition) is 2. The molecule has 0 bridgehead atoms. The molecule has 1 aliphatic rings. The first-order chi connectivity index (χ1) is 8.56. The van der Waals surface area contributed by atoms with Gasteiger partial charge in [0, 0.05) is 24.8 Å². The summed E-state index contributed by atoms with van der Waals surface area (Å²) in [6.07, 6.45) is 2.12. The van der Waals surface area contributed by atoms with Gasteiger partial charge in [-0.1, -0.05) is 13.0 Å². The van der Waals surface area contributed by atoms with Crippen LogP contribution in [0.4, 0.5) is 10.5 Å². The van der Waals surface area contributed by atoms with Crippen LogP contribution in [0.25, 0.3) is 0 Å². The molecule has 0 aliphatic carbocycles. The maximum Gasteiger partial charge on any atom is 0.321 e. The maximum atomic E-state index is 12.0. The molecule has 1 heterocycles. The Bertz CT molecular complexity index is 437. The Morgan fingerprint density at radius 3 is 2.67 bits per heavy atom. The average molecular weight is 248 g/mol. The molecular weight excluding hydrogens is 228 g/mol. The standard InChI is InChI=1S/C14H20N2O2/c1-10-5-7-16(8-6-10)14(18)15-12-4-3-11(2)13(17)9-12/h3-4,9-10,17H,5-8H2,1-2H3,(H,15,18). The van der Waals surface area contributed by atoms with E-state index in [0.29, 0.717) is 11.6 Å². The van der Waals surface area contributed by atoms with E-state index in [1.165, 1.54) is 0 Å². The fraction of sp³-hybridized carbons (Fsp3) is 0.500. The van der Waals surface area contributed by atoms with Gasteiger partial charge in [-0.05, 0) is 37.3 Å². The van der Waals surface area contributed by atoms with E-state index in [9.17, 15) is 9.90 Å². The number of rotatable bonds is 1. The van der Waals surface area contributed by atoms with Crippen molar-refractivity contribution >= 4 is 11.7 Å².